The third-order valence-electron chi connectivity index (χ3n) is 2.52. The SMILES string of the molecule is CCC(CC(N)=NO)NC(=O)c1ccc(I)cc1. The van der Waals surface area contributed by atoms with Crippen LogP contribution in [0.1, 0.15) is 30.1 Å². The van der Waals surface area contributed by atoms with Crippen LogP contribution in [0, 0.1) is 3.57 Å². The summed E-state index contributed by atoms with van der Waals surface area (Å²) in [5, 5.41) is 14.3. The van der Waals surface area contributed by atoms with Crippen molar-refractivity contribution in [3.8, 4) is 0 Å². The molecule has 1 aromatic carbocycles. The number of nitrogens with zero attached hydrogens (tertiary/aromatic N) is 1. The number of rotatable bonds is 5. The maximum absolute atomic E-state index is 11.9. The summed E-state index contributed by atoms with van der Waals surface area (Å²) in [5.74, 6) is -0.0336. The molecule has 0 saturated heterocycles. The first kappa shape index (κ1) is 14.7. The number of hydrogen-bond donors (Lipinski definition) is 3. The second-order valence-corrected chi connectivity index (χ2v) is 5.13. The number of hydrogen-bond acceptors (Lipinski definition) is 3. The van der Waals surface area contributed by atoms with Gasteiger partial charge in [0.25, 0.3) is 5.91 Å². The fourth-order valence-electron chi connectivity index (χ4n) is 1.46. The van der Waals surface area contributed by atoms with Crippen LogP contribution < -0.4 is 11.1 Å². The van der Waals surface area contributed by atoms with Gasteiger partial charge in [-0.1, -0.05) is 12.1 Å². The van der Waals surface area contributed by atoms with E-state index in [0.29, 0.717) is 18.4 Å². The lowest BCUT2D eigenvalue weighted by atomic mass is 10.1. The molecule has 0 aliphatic heterocycles. The molecular formula is C12H16IN3O2. The van der Waals surface area contributed by atoms with Gasteiger partial charge in [0.1, 0.15) is 5.84 Å². The lowest BCUT2D eigenvalue weighted by Crippen LogP contribution is -2.37. The zero-order chi connectivity index (χ0) is 13.5. The van der Waals surface area contributed by atoms with Gasteiger partial charge in [0.05, 0.1) is 0 Å². The summed E-state index contributed by atoms with van der Waals surface area (Å²) in [7, 11) is 0. The van der Waals surface area contributed by atoms with Gasteiger partial charge in [-0.3, -0.25) is 4.79 Å². The molecule has 0 heterocycles. The number of oxime groups is 1. The van der Waals surface area contributed by atoms with Crippen LogP contribution in [0.4, 0.5) is 0 Å². The molecule has 1 rings (SSSR count). The molecule has 0 aromatic heterocycles. The number of carbonyl (C=O) groups excluding carboxylic acids is 1. The molecular weight excluding hydrogens is 345 g/mol. The second-order valence-electron chi connectivity index (χ2n) is 3.88. The van der Waals surface area contributed by atoms with E-state index in [9.17, 15) is 4.79 Å². The smallest absolute Gasteiger partial charge is 0.251 e. The first-order chi connectivity index (χ1) is 8.56. The lowest BCUT2D eigenvalue weighted by Gasteiger charge is -2.16. The van der Waals surface area contributed by atoms with E-state index in [1.54, 1.807) is 12.1 Å². The van der Waals surface area contributed by atoms with E-state index < -0.39 is 0 Å². The molecule has 0 aliphatic carbocycles. The monoisotopic (exact) mass is 361 g/mol. The Morgan fingerprint density at radius 2 is 2.11 bits per heavy atom. The van der Waals surface area contributed by atoms with Gasteiger partial charge in [0.15, 0.2) is 0 Å². The molecule has 1 unspecified atom stereocenters. The summed E-state index contributed by atoms with van der Waals surface area (Å²) >= 11 is 2.18. The van der Waals surface area contributed by atoms with Crippen LogP contribution in [-0.4, -0.2) is 23.0 Å². The highest BCUT2D eigenvalue weighted by molar-refractivity contribution is 14.1. The highest BCUT2D eigenvalue weighted by atomic mass is 127. The van der Waals surface area contributed by atoms with E-state index in [1.807, 2.05) is 19.1 Å². The molecule has 1 aromatic rings. The lowest BCUT2D eigenvalue weighted by molar-refractivity contribution is 0.0937. The Kier molecular flexibility index (Phi) is 5.90. The standard InChI is InChI=1S/C12H16IN3O2/c1-2-10(7-11(14)16-18)15-12(17)8-3-5-9(13)6-4-8/h3-6,10,18H,2,7H2,1H3,(H2,14,16)(H,15,17). The largest absolute Gasteiger partial charge is 0.409 e. The first-order valence-corrected chi connectivity index (χ1v) is 6.67. The number of nitrogens with two attached hydrogens (primary N) is 1. The van der Waals surface area contributed by atoms with Crippen LogP contribution in [-0.2, 0) is 0 Å². The summed E-state index contributed by atoms with van der Waals surface area (Å²) in [6, 6.07) is 7.16. The van der Waals surface area contributed by atoms with Crippen molar-refractivity contribution in [2.45, 2.75) is 25.8 Å². The highest BCUT2D eigenvalue weighted by Crippen LogP contribution is 2.08. The van der Waals surface area contributed by atoms with Crippen LogP contribution in [0.25, 0.3) is 0 Å². The summed E-state index contributed by atoms with van der Waals surface area (Å²) < 4.78 is 1.08. The van der Waals surface area contributed by atoms with E-state index in [0.717, 1.165) is 3.57 Å². The highest BCUT2D eigenvalue weighted by Gasteiger charge is 2.13. The van der Waals surface area contributed by atoms with Crippen molar-refractivity contribution in [3.63, 3.8) is 0 Å². The minimum absolute atomic E-state index is 0.116. The summed E-state index contributed by atoms with van der Waals surface area (Å²) in [6.07, 6.45) is 1.05. The van der Waals surface area contributed by atoms with Gasteiger partial charge in [-0.2, -0.15) is 0 Å². The van der Waals surface area contributed by atoms with E-state index in [4.69, 9.17) is 10.9 Å². The van der Waals surface area contributed by atoms with Gasteiger partial charge in [0.2, 0.25) is 0 Å². The van der Waals surface area contributed by atoms with Gasteiger partial charge in [0, 0.05) is 21.6 Å². The number of benzene rings is 1. The van der Waals surface area contributed by atoms with Crippen molar-refractivity contribution < 1.29 is 10.0 Å². The molecule has 0 spiro atoms. The fraction of sp³-hybridized carbons (Fsp3) is 0.333. The zero-order valence-electron chi connectivity index (χ0n) is 10.1. The Balaban J connectivity index is 2.64. The maximum Gasteiger partial charge on any atom is 0.251 e. The van der Waals surface area contributed by atoms with Gasteiger partial charge < -0.3 is 16.3 Å². The number of carbonyl (C=O) groups is 1. The van der Waals surface area contributed by atoms with Crippen molar-refractivity contribution in [1.29, 1.82) is 0 Å². The quantitative estimate of drug-likeness (QED) is 0.246. The van der Waals surface area contributed by atoms with E-state index in [2.05, 4.69) is 33.1 Å². The van der Waals surface area contributed by atoms with Crippen molar-refractivity contribution in [2.75, 3.05) is 0 Å². The third-order valence-corrected chi connectivity index (χ3v) is 3.24. The summed E-state index contributed by atoms with van der Waals surface area (Å²) in [5.41, 5.74) is 6.04. The molecule has 0 fully saturated rings. The molecule has 98 valence electrons. The second kappa shape index (κ2) is 7.20. The van der Waals surface area contributed by atoms with Crippen LogP contribution >= 0.6 is 22.6 Å². The molecule has 0 bridgehead atoms. The van der Waals surface area contributed by atoms with Gasteiger partial charge in [-0.25, -0.2) is 0 Å². The number of halogens is 1. The van der Waals surface area contributed by atoms with Gasteiger partial charge in [-0.15, -0.1) is 0 Å². The van der Waals surface area contributed by atoms with Gasteiger partial charge in [-0.05, 0) is 53.3 Å². The Labute approximate surface area is 120 Å². The Morgan fingerprint density at radius 1 is 1.50 bits per heavy atom. The third kappa shape index (κ3) is 4.52. The molecule has 6 heteroatoms. The van der Waals surface area contributed by atoms with E-state index in [-0.39, 0.29) is 17.8 Å². The predicted molar refractivity (Wildman–Crippen MR) is 78.7 cm³/mol. The van der Waals surface area contributed by atoms with Crippen molar-refractivity contribution >= 4 is 34.3 Å². The minimum Gasteiger partial charge on any atom is -0.409 e. The summed E-state index contributed by atoms with van der Waals surface area (Å²) in [6.45, 7) is 1.93. The first-order valence-electron chi connectivity index (χ1n) is 5.59. The van der Waals surface area contributed by atoms with E-state index in [1.165, 1.54) is 0 Å². The van der Waals surface area contributed by atoms with Crippen LogP contribution in [0.15, 0.2) is 29.4 Å². The molecule has 1 atom stereocenters. The Bertz CT molecular complexity index is 431. The van der Waals surface area contributed by atoms with Crippen LogP contribution in [0.2, 0.25) is 0 Å². The number of amides is 1. The molecule has 5 nitrogen and oxygen atoms in total. The molecule has 0 radical (unpaired) electrons. The van der Waals surface area contributed by atoms with Crippen molar-refractivity contribution in [3.05, 3.63) is 33.4 Å². The van der Waals surface area contributed by atoms with Crippen molar-refractivity contribution in [2.24, 2.45) is 10.9 Å². The normalized spacial score (nSPS) is 13.1. The van der Waals surface area contributed by atoms with Gasteiger partial charge >= 0.3 is 0 Å². The Hall–Kier alpha value is -1.31. The van der Waals surface area contributed by atoms with Crippen molar-refractivity contribution in [1.82, 2.24) is 5.32 Å². The Morgan fingerprint density at radius 3 is 2.61 bits per heavy atom. The predicted octanol–water partition coefficient (Wildman–Crippen LogP) is 1.94. The minimum atomic E-state index is -0.149. The van der Waals surface area contributed by atoms with E-state index >= 15 is 0 Å². The number of amidine groups is 1. The molecule has 0 aliphatic rings. The zero-order valence-corrected chi connectivity index (χ0v) is 12.2. The summed E-state index contributed by atoms with van der Waals surface area (Å²) in [4.78, 5) is 11.9. The van der Waals surface area contributed by atoms with Crippen LogP contribution in [0.3, 0.4) is 0 Å². The molecule has 18 heavy (non-hydrogen) atoms. The fourth-order valence-corrected chi connectivity index (χ4v) is 1.82. The molecule has 4 N–H and O–H groups in total. The maximum atomic E-state index is 11.9. The molecule has 1 amide bonds. The van der Waals surface area contributed by atoms with Crippen LogP contribution in [0.5, 0.6) is 0 Å². The topological polar surface area (TPSA) is 87.7 Å². The average Bonchev–Trinajstić information content (AvgIpc) is 2.38. The average molecular weight is 361 g/mol. The number of nitrogens with one attached hydrogen (secondary N) is 1. The molecule has 0 saturated carbocycles.